The summed E-state index contributed by atoms with van der Waals surface area (Å²) in [4.78, 5) is 10.6. The second-order valence-corrected chi connectivity index (χ2v) is 6.17. The van der Waals surface area contributed by atoms with Crippen LogP contribution in [0.4, 0.5) is 4.39 Å². The van der Waals surface area contributed by atoms with E-state index in [0.717, 1.165) is 18.2 Å². The zero-order valence-corrected chi connectivity index (χ0v) is 11.3. The van der Waals surface area contributed by atoms with Crippen molar-refractivity contribution in [2.45, 2.75) is 23.8 Å². The Labute approximate surface area is 115 Å². The Hall–Kier alpha value is -1.51. The average Bonchev–Trinajstić information content (AvgIpc) is 2.39. The smallest absolute Gasteiger partial charge is 0.338 e. The second kappa shape index (κ2) is 5.86. The summed E-state index contributed by atoms with van der Waals surface area (Å²) in [6.45, 7) is 0.938. The molecule has 0 bridgehead atoms. The molecule has 110 valence electrons. The van der Waals surface area contributed by atoms with E-state index >= 15 is 0 Å². The fourth-order valence-electron chi connectivity index (χ4n) is 1.94. The minimum atomic E-state index is -3.87. The van der Waals surface area contributed by atoms with Crippen molar-refractivity contribution < 1.29 is 27.4 Å². The molecule has 0 aromatic heterocycles. The van der Waals surface area contributed by atoms with E-state index < -0.39 is 27.4 Å². The lowest BCUT2D eigenvalue weighted by molar-refractivity contribution is 0.0691. The van der Waals surface area contributed by atoms with E-state index in [9.17, 15) is 17.6 Å². The highest BCUT2D eigenvalue weighted by Gasteiger charge is 2.24. The lowest BCUT2D eigenvalue weighted by Crippen LogP contribution is -2.38. The molecule has 1 aliphatic rings. The van der Waals surface area contributed by atoms with E-state index in [1.54, 1.807) is 0 Å². The standard InChI is InChI=1S/C12H14FNO5S/c13-11-2-1-9(7-10(11)12(15)16)20(17,18)14-8-3-5-19-6-4-8/h1-2,7-8,14H,3-6H2,(H,15,16). The third kappa shape index (κ3) is 3.33. The first-order valence-electron chi connectivity index (χ1n) is 6.03. The van der Waals surface area contributed by atoms with Crippen LogP contribution >= 0.6 is 0 Å². The summed E-state index contributed by atoms with van der Waals surface area (Å²) in [5.74, 6) is -2.48. The van der Waals surface area contributed by atoms with Crippen LogP contribution in [0.25, 0.3) is 0 Å². The molecule has 0 amide bonds. The minimum absolute atomic E-state index is 0.257. The molecule has 20 heavy (non-hydrogen) atoms. The van der Waals surface area contributed by atoms with Gasteiger partial charge in [-0.15, -0.1) is 0 Å². The molecule has 1 saturated heterocycles. The van der Waals surface area contributed by atoms with Crippen molar-refractivity contribution in [2.75, 3.05) is 13.2 Å². The van der Waals surface area contributed by atoms with Gasteiger partial charge in [0.05, 0.1) is 10.5 Å². The molecule has 0 aliphatic carbocycles. The number of aromatic carboxylic acids is 1. The molecule has 1 aromatic rings. The zero-order valence-electron chi connectivity index (χ0n) is 10.5. The largest absolute Gasteiger partial charge is 0.478 e. The Morgan fingerprint density at radius 3 is 2.60 bits per heavy atom. The molecule has 6 nitrogen and oxygen atoms in total. The number of ether oxygens (including phenoxy) is 1. The number of halogens is 1. The Balaban J connectivity index is 2.24. The summed E-state index contributed by atoms with van der Waals surface area (Å²) >= 11 is 0. The summed E-state index contributed by atoms with van der Waals surface area (Å²) in [6, 6.07) is 2.44. The van der Waals surface area contributed by atoms with Crippen LogP contribution in [-0.4, -0.2) is 38.7 Å². The van der Waals surface area contributed by atoms with Crippen molar-refractivity contribution in [1.29, 1.82) is 0 Å². The highest BCUT2D eigenvalue weighted by atomic mass is 32.2. The van der Waals surface area contributed by atoms with E-state index in [2.05, 4.69) is 4.72 Å². The van der Waals surface area contributed by atoms with Crippen molar-refractivity contribution in [2.24, 2.45) is 0 Å². The number of rotatable bonds is 4. The first kappa shape index (κ1) is 14.9. The zero-order chi connectivity index (χ0) is 14.8. The Kier molecular flexibility index (Phi) is 4.36. The number of hydrogen-bond donors (Lipinski definition) is 2. The Bertz CT molecular complexity index is 610. The van der Waals surface area contributed by atoms with Gasteiger partial charge in [-0.1, -0.05) is 0 Å². The van der Waals surface area contributed by atoms with Crippen molar-refractivity contribution in [3.05, 3.63) is 29.6 Å². The number of carboxylic acid groups (broad SMARTS) is 1. The van der Waals surface area contributed by atoms with Crippen LogP contribution < -0.4 is 4.72 Å². The Morgan fingerprint density at radius 2 is 2.00 bits per heavy atom. The summed E-state index contributed by atoms with van der Waals surface area (Å²) in [5, 5.41) is 8.81. The van der Waals surface area contributed by atoms with Crippen LogP contribution in [-0.2, 0) is 14.8 Å². The maximum atomic E-state index is 13.3. The monoisotopic (exact) mass is 303 g/mol. The first-order valence-corrected chi connectivity index (χ1v) is 7.51. The fraction of sp³-hybridized carbons (Fsp3) is 0.417. The molecule has 0 atom stereocenters. The summed E-state index contributed by atoms with van der Waals surface area (Å²) in [5.41, 5.74) is -0.667. The van der Waals surface area contributed by atoms with Gasteiger partial charge in [0.2, 0.25) is 10.0 Å². The summed E-state index contributed by atoms with van der Waals surface area (Å²) in [6.07, 6.45) is 1.10. The highest BCUT2D eigenvalue weighted by molar-refractivity contribution is 7.89. The number of sulfonamides is 1. The molecule has 1 fully saturated rings. The predicted octanol–water partition coefficient (Wildman–Crippen LogP) is 0.981. The van der Waals surface area contributed by atoms with Crippen molar-refractivity contribution in [3.63, 3.8) is 0 Å². The number of nitrogens with one attached hydrogen (secondary N) is 1. The van der Waals surface area contributed by atoms with Crippen LogP contribution in [0.15, 0.2) is 23.1 Å². The highest BCUT2D eigenvalue weighted by Crippen LogP contribution is 2.17. The molecule has 2 rings (SSSR count). The van der Waals surface area contributed by atoms with Crippen molar-refractivity contribution in [3.8, 4) is 0 Å². The van der Waals surface area contributed by atoms with E-state index in [-0.39, 0.29) is 10.9 Å². The normalized spacial score (nSPS) is 17.1. The quantitative estimate of drug-likeness (QED) is 0.865. The maximum absolute atomic E-state index is 13.3. The molecule has 8 heteroatoms. The van der Waals surface area contributed by atoms with Gasteiger partial charge in [0.25, 0.3) is 0 Å². The molecular formula is C12H14FNO5S. The lowest BCUT2D eigenvalue weighted by atomic mass is 10.1. The number of hydrogen-bond acceptors (Lipinski definition) is 4. The van der Waals surface area contributed by atoms with Gasteiger partial charge in [-0.2, -0.15) is 0 Å². The predicted molar refractivity (Wildman–Crippen MR) is 67.5 cm³/mol. The molecule has 2 N–H and O–H groups in total. The summed E-state index contributed by atoms with van der Waals surface area (Å²) in [7, 11) is -3.87. The first-order chi connectivity index (χ1) is 9.40. The fourth-order valence-corrected chi connectivity index (χ4v) is 3.27. The van der Waals surface area contributed by atoms with Crippen LogP contribution in [0.2, 0.25) is 0 Å². The molecule has 1 aliphatic heterocycles. The van der Waals surface area contributed by atoms with Gasteiger partial charge in [-0.05, 0) is 31.0 Å². The van der Waals surface area contributed by atoms with Crippen molar-refractivity contribution in [1.82, 2.24) is 4.72 Å². The van der Waals surface area contributed by atoms with Gasteiger partial charge in [-0.25, -0.2) is 22.3 Å². The van der Waals surface area contributed by atoms with Gasteiger partial charge in [0.15, 0.2) is 0 Å². The van der Waals surface area contributed by atoms with Gasteiger partial charge < -0.3 is 9.84 Å². The topological polar surface area (TPSA) is 92.7 Å². The number of carboxylic acids is 1. The van der Waals surface area contributed by atoms with Gasteiger partial charge in [0, 0.05) is 19.3 Å². The number of benzene rings is 1. The van der Waals surface area contributed by atoms with E-state index in [4.69, 9.17) is 9.84 Å². The van der Waals surface area contributed by atoms with Gasteiger partial charge >= 0.3 is 5.97 Å². The molecular weight excluding hydrogens is 289 g/mol. The van der Waals surface area contributed by atoms with E-state index in [0.29, 0.717) is 26.1 Å². The van der Waals surface area contributed by atoms with Crippen LogP contribution in [0.5, 0.6) is 0 Å². The molecule has 0 spiro atoms. The van der Waals surface area contributed by atoms with E-state index in [1.807, 2.05) is 0 Å². The average molecular weight is 303 g/mol. The van der Waals surface area contributed by atoms with E-state index in [1.165, 1.54) is 0 Å². The number of carbonyl (C=O) groups is 1. The maximum Gasteiger partial charge on any atom is 0.338 e. The molecule has 1 aromatic carbocycles. The van der Waals surface area contributed by atoms with Crippen molar-refractivity contribution >= 4 is 16.0 Å². The SMILES string of the molecule is O=C(O)c1cc(S(=O)(=O)NC2CCOCC2)ccc1F. The van der Waals surface area contributed by atoms with Crippen LogP contribution in [0.3, 0.4) is 0 Å². The third-order valence-electron chi connectivity index (χ3n) is 3.02. The van der Waals surface area contributed by atoms with Crippen LogP contribution in [0.1, 0.15) is 23.2 Å². The molecule has 1 heterocycles. The molecule has 0 unspecified atom stereocenters. The van der Waals surface area contributed by atoms with Crippen LogP contribution in [0, 0.1) is 5.82 Å². The second-order valence-electron chi connectivity index (χ2n) is 4.45. The third-order valence-corrected chi connectivity index (χ3v) is 4.54. The molecule has 0 saturated carbocycles. The van der Waals surface area contributed by atoms with Gasteiger partial charge in [0.1, 0.15) is 5.82 Å². The molecule has 0 radical (unpaired) electrons. The lowest BCUT2D eigenvalue weighted by Gasteiger charge is -2.23. The Morgan fingerprint density at radius 1 is 1.35 bits per heavy atom. The minimum Gasteiger partial charge on any atom is -0.478 e. The van der Waals surface area contributed by atoms with Gasteiger partial charge in [-0.3, -0.25) is 0 Å². The summed E-state index contributed by atoms with van der Waals surface area (Å²) < 4.78 is 45.1.